The molecule has 4 aromatic rings. The van der Waals surface area contributed by atoms with Crippen LogP contribution in [0.15, 0.2) is 46.3 Å². The minimum Gasteiger partial charge on any atom is -0.295 e. The van der Waals surface area contributed by atoms with Crippen LogP contribution in [0, 0.1) is 6.92 Å². The van der Waals surface area contributed by atoms with E-state index in [0.717, 1.165) is 34.4 Å². The van der Waals surface area contributed by atoms with Crippen molar-refractivity contribution in [1.82, 2.24) is 14.8 Å². The normalized spacial score (nSPS) is 14.7. The molecule has 0 spiro atoms. The SMILES string of the molecule is Cc1[nH]n(-c2c(Cl)cc(Cl)cc2Cl)c(=O)c1/C=N/N1C(=O)c2ccc3c4c(ccc(c24)C1=O)CC3. The summed E-state index contributed by atoms with van der Waals surface area (Å²) in [6.45, 7) is 1.66. The van der Waals surface area contributed by atoms with Crippen LogP contribution < -0.4 is 5.56 Å². The van der Waals surface area contributed by atoms with E-state index in [0.29, 0.717) is 27.2 Å². The molecule has 1 aliphatic carbocycles. The maximum atomic E-state index is 13.2. The van der Waals surface area contributed by atoms with Crippen molar-refractivity contribution in [2.75, 3.05) is 0 Å². The monoisotopic (exact) mass is 524 g/mol. The lowest BCUT2D eigenvalue weighted by molar-refractivity contribution is 0.0616. The van der Waals surface area contributed by atoms with Gasteiger partial charge in [0, 0.05) is 16.1 Å². The van der Waals surface area contributed by atoms with Crippen molar-refractivity contribution < 1.29 is 9.59 Å². The van der Waals surface area contributed by atoms with E-state index in [1.165, 1.54) is 23.0 Å². The molecular weight excluding hydrogens is 511 g/mol. The lowest BCUT2D eigenvalue weighted by atomic mass is 9.92. The van der Waals surface area contributed by atoms with Crippen molar-refractivity contribution in [2.45, 2.75) is 19.8 Å². The Balaban J connectivity index is 1.42. The van der Waals surface area contributed by atoms with Crippen LogP contribution in [0.5, 0.6) is 0 Å². The number of nitrogens with one attached hydrogen (secondary N) is 1. The van der Waals surface area contributed by atoms with Gasteiger partial charge in [0.2, 0.25) is 0 Å². The Morgan fingerprint density at radius 2 is 1.46 bits per heavy atom. The Labute approximate surface area is 213 Å². The van der Waals surface area contributed by atoms with Crippen molar-refractivity contribution in [3.05, 3.63) is 95.3 Å². The number of aryl methyl sites for hydroxylation is 3. The number of hydrogen-bond acceptors (Lipinski definition) is 4. The first-order chi connectivity index (χ1) is 16.8. The van der Waals surface area contributed by atoms with E-state index in [1.54, 1.807) is 19.1 Å². The van der Waals surface area contributed by atoms with Gasteiger partial charge in [0.05, 0.1) is 33.0 Å². The zero-order chi connectivity index (χ0) is 24.6. The molecule has 0 saturated heterocycles. The summed E-state index contributed by atoms with van der Waals surface area (Å²) in [5.74, 6) is -1.07. The summed E-state index contributed by atoms with van der Waals surface area (Å²) >= 11 is 18.5. The first-order valence-corrected chi connectivity index (χ1v) is 11.9. The molecular formula is C25H15Cl3N4O3. The predicted octanol–water partition coefficient (Wildman–Crippen LogP) is 5.32. The summed E-state index contributed by atoms with van der Waals surface area (Å²) in [5, 5.41) is 10.2. The van der Waals surface area contributed by atoms with Gasteiger partial charge in [-0.2, -0.15) is 10.1 Å². The molecule has 0 bridgehead atoms. The van der Waals surface area contributed by atoms with Crippen LogP contribution in [0.2, 0.25) is 15.1 Å². The minimum absolute atomic E-state index is 0.146. The molecule has 2 aliphatic rings. The molecule has 0 fully saturated rings. The molecule has 0 unspecified atom stereocenters. The van der Waals surface area contributed by atoms with Crippen molar-refractivity contribution >= 4 is 63.6 Å². The fourth-order valence-electron chi connectivity index (χ4n) is 4.84. The lowest BCUT2D eigenvalue weighted by Gasteiger charge is -2.23. The molecule has 35 heavy (non-hydrogen) atoms. The highest BCUT2D eigenvalue weighted by Crippen LogP contribution is 2.38. The summed E-state index contributed by atoms with van der Waals surface area (Å²) in [6.07, 6.45) is 2.97. The zero-order valence-corrected chi connectivity index (χ0v) is 20.4. The molecule has 0 saturated carbocycles. The number of aromatic nitrogens is 2. The quantitative estimate of drug-likeness (QED) is 0.290. The number of carbonyl (C=O) groups excluding carboxylic acids is 2. The molecule has 6 rings (SSSR count). The maximum absolute atomic E-state index is 13.2. The molecule has 2 amide bonds. The van der Waals surface area contributed by atoms with E-state index < -0.39 is 17.4 Å². The Morgan fingerprint density at radius 3 is 2.03 bits per heavy atom. The third-order valence-electron chi connectivity index (χ3n) is 6.47. The van der Waals surface area contributed by atoms with Gasteiger partial charge in [-0.05, 0) is 60.5 Å². The van der Waals surface area contributed by atoms with Gasteiger partial charge in [0.25, 0.3) is 17.4 Å². The molecule has 2 heterocycles. The average Bonchev–Trinajstić information content (AvgIpc) is 3.35. The second kappa shape index (κ2) is 7.81. The highest BCUT2D eigenvalue weighted by molar-refractivity contribution is 6.40. The number of hydrogen-bond donors (Lipinski definition) is 1. The number of carbonyl (C=O) groups is 2. The van der Waals surface area contributed by atoms with Crippen LogP contribution in [0.25, 0.3) is 16.5 Å². The molecule has 3 aromatic carbocycles. The zero-order valence-electron chi connectivity index (χ0n) is 18.2. The molecule has 0 atom stereocenters. The van der Waals surface area contributed by atoms with Crippen LogP contribution in [0.3, 0.4) is 0 Å². The van der Waals surface area contributed by atoms with Crippen LogP contribution in [-0.4, -0.2) is 32.8 Å². The molecule has 0 radical (unpaired) electrons. The Morgan fingerprint density at radius 1 is 0.886 bits per heavy atom. The summed E-state index contributed by atoms with van der Waals surface area (Å²) in [7, 11) is 0. The Hall–Kier alpha value is -3.39. The number of aromatic amines is 1. The summed E-state index contributed by atoms with van der Waals surface area (Å²) < 4.78 is 1.17. The van der Waals surface area contributed by atoms with Gasteiger partial charge in [0.1, 0.15) is 5.69 Å². The number of hydrazone groups is 1. The number of imide groups is 1. The number of halogens is 3. The van der Waals surface area contributed by atoms with Crippen molar-refractivity contribution in [1.29, 1.82) is 0 Å². The number of nitrogens with zero attached hydrogens (tertiary/aromatic N) is 3. The smallest absolute Gasteiger partial charge is 0.282 e. The standard InChI is InChI=1S/C25H15Cl3N4O3/c1-11-17(25(35)31(30-11)22-18(27)8-14(26)9-19(22)28)10-29-32-23(33)15-6-4-12-2-3-13-5-7-16(24(32)34)21(15)20(12)13/h4-10,30H,2-3H2,1H3/b29-10+. The Bertz CT molecular complexity index is 1640. The molecule has 1 aliphatic heterocycles. The largest absolute Gasteiger partial charge is 0.295 e. The maximum Gasteiger partial charge on any atom is 0.282 e. The average molecular weight is 526 g/mol. The van der Waals surface area contributed by atoms with Gasteiger partial charge < -0.3 is 0 Å². The van der Waals surface area contributed by atoms with Gasteiger partial charge in [-0.3, -0.25) is 19.5 Å². The molecule has 10 heteroatoms. The van der Waals surface area contributed by atoms with E-state index >= 15 is 0 Å². The van der Waals surface area contributed by atoms with E-state index in [4.69, 9.17) is 34.8 Å². The van der Waals surface area contributed by atoms with Gasteiger partial charge in [0.15, 0.2) is 0 Å². The minimum atomic E-state index is -0.536. The fourth-order valence-corrected chi connectivity index (χ4v) is 5.83. The number of H-pyrrole nitrogens is 1. The number of amides is 2. The van der Waals surface area contributed by atoms with Crippen LogP contribution in [0.4, 0.5) is 0 Å². The Kier molecular flexibility index (Phi) is 4.93. The van der Waals surface area contributed by atoms with E-state index in [9.17, 15) is 14.4 Å². The van der Waals surface area contributed by atoms with Gasteiger partial charge in [-0.25, -0.2) is 4.68 Å². The van der Waals surface area contributed by atoms with Gasteiger partial charge in [-0.1, -0.05) is 46.9 Å². The van der Waals surface area contributed by atoms with E-state index in [1.807, 2.05) is 12.1 Å². The first-order valence-electron chi connectivity index (χ1n) is 10.7. The highest BCUT2D eigenvalue weighted by Gasteiger charge is 2.35. The van der Waals surface area contributed by atoms with Gasteiger partial charge >= 0.3 is 0 Å². The third kappa shape index (κ3) is 3.19. The predicted molar refractivity (Wildman–Crippen MR) is 136 cm³/mol. The summed E-state index contributed by atoms with van der Waals surface area (Å²) in [6, 6.07) is 10.3. The first kappa shape index (κ1) is 22.1. The summed E-state index contributed by atoms with van der Waals surface area (Å²) in [5.41, 5.74) is 3.43. The van der Waals surface area contributed by atoms with Crippen LogP contribution in [0.1, 0.15) is 43.1 Å². The lowest BCUT2D eigenvalue weighted by Crippen LogP contribution is -2.36. The van der Waals surface area contributed by atoms with Crippen molar-refractivity contribution in [2.24, 2.45) is 5.10 Å². The molecule has 174 valence electrons. The van der Waals surface area contributed by atoms with E-state index in [-0.39, 0.29) is 21.3 Å². The second-order valence-corrected chi connectivity index (χ2v) is 9.72. The third-order valence-corrected chi connectivity index (χ3v) is 7.26. The van der Waals surface area contributed by atoms with E-state index in [2.05, 4.69) is 10.2 Å². The van der Waals surface area contributed by atoms with Gasteiger partial charge in [-0.15, -0.1) is 0 Å². The number of benzene rings is 3. The fraction of sp³-hybridized carbons (Fsp3) is 0.120. The topological polar surface area (TPSA) is 87.5 Å². The van der Waals surface area contributed by atoms with Crippen molar-refractivity contribution in [3.63, 3.8) is 0 Å². The molecule has 7 nitrogen and oxygen atoms in total. The highest BCUT2D eigenvalue weighted by atomic mass is 35.5. The van der Waals surface area contributed by atoms with Crippen LogP contribution in [-0.2, 0) is 12.8 Å². The molecule has 1 aromatic heterocycles. The second-order valence-electron chi connectivity index (χ2n) is 8.47. The summed E-state index contributed by atoms with van der Waals surface area (Å²) in [4.78, 5) is 39.6. The van der Waals surface area contributed by atoms with Crippen molar-refractivity contribution in [3.8, 4) is 5.69 Å². The molecule has 1 N–H and O–H groups in total. The van der Waals surface area contributed by atoms with Crippen LogP contribution >= 0.6 is 34.8 Å². The number of rotatable bonds is 3.